The minimum Gasteiger partial charge on any atom is -0.507 e. The molecule has 2 unspecified atom stereocenters. The lowest BCUT2D eigenvalue weighted by Gasteiger charge is -2.60. The van der Waals surface area contributed by atoms with Crippen molar-refractivity contribution in [3.05, 3.63) is 75.3 Å². The summed E-state index contributed by atoms with van der Waals surface area (Å²) in [6, 6.07) is 13.1. The average molecular weight is 655 g/mol. The van der Waals surface area contributed by atoms with Crippen LogP contribution in [-0.2, 0) is 28.8 Å². The van der Waals surface area contributed by atoms with Crippen molar-refractivity contribution in [3.8, 4) is 34.8 Å². The normalized spacial score (nSPS) is 23.8. The number of methoxy groups -OCH3 is 2. The second kappa shape index (κ2) is 12.8. The number of phenols is 1. The van der Waals surface area contributed by atoms with E-state index in [4.69, 9.17) is 23.7 Å². The van der Waals surface area contributed by atoms with E-state index in [1.807, 2.05) is 44.2 Å². The number of carbonyl (C=O) groups is 1. The molecule has 11 heteroatoms. The molecule has 7 rings (SSSR count). The predicted octanol–water partition coefficient (Wildman–Crippen LogP) is 4.25. The van der Waals surface area contributed by atoms with Crippen molar-refractivity contribution in [2.24, 2.45) is 0 Å². The number of hydrogen-bond donors (Lipinski definition) is 2. The molecule has 252 valence electrons. The molecule has 0 radical (unpaired) electrons. The Morgan fingerprint density at radius 2 is 1.85 bits per heavy atom. The van der Waals surface area contributed by atoms with Crippen LogP contribution < -0.4 is 24.3 Å². The van der Waals surface area contributed by atoms with Gasteiger partial charge < -0.3 is 34.1 Å². The summed E-state index contributed by atoms with van der Waals surface area (Å²) in [4.78, 5) is 17.9. The summed E-state index contributed by atoms with van der Waals surface area (Å²) in [6.07, 6.45) is 2.01. The molecule has 3 aromatic rings. The van der Waals surface area contributed by atoms with Gasteiger partial charge in [0, 0.05) is 54.4 Å². The summed E-state index contributed by atoms with van der Waals surface area (Å²) < 4.78 is 29.4. The number of nitrogens with zero attached hydrogens (tertiary/aromatic N) is 3. The lowest BCUT2D eigenvalue weighted by molar-refractivity contribution is -0.122. The number of hydrogen-bond acceptors (Lipinski definition) is 10. The standard InChI is InChI=1S/C37H42N4O7/c1-20-13-23-14-25-27(16-38)41-26(32(40(25)3)30(23)36(34(20)45-5)46-18-44-4)15-24-31(37-35(47-19-48-37)21(2)33(24)43)28(41)17-39-29(42)12-11-22-9-7-6-8-10-22/h6-10,13,25-28,32,43H,11-12,14-15,17-19H2,1-5H3,(H,39,42)/t25?,26-,27-,28-,32?/m0/s1. The highest BCUT2D eigenvalue weighted by Gasteiger charge is 2.56. The molecule has 0 aliphatic carbocycles. The number of amides is 1. The molecule has 4 heterocycles. The van der Waals surface area contributed by atoms with Gasteiger partial charge in [0.1, 0.15) is 11.8 Å². The van der Waals surface area contributed by atoms with Gasteiger partial charge in [-0.2, -0.15) is 5.26 Å². The Kier molecular flexibility index (Phi) is 8.58. The Morgan fingerprint density at radius 3 is 2.58 bits per heavy atom. The van der Waals surface area contributed by atoms with Crippen LogP contribution in [0.4, 0.5) is 0 Å². The molecule has 4 aliphatic heterocycles. The van der Waals surface area contributed by atoms with E-state index < -0.39 is 12.1 Å². The van der Waals surface area contributed by atoms with Crippen LogP contribution in [-0.4, -0.2) is 80.3 Å². The second-order valence-corrected chi connectivity index (χ2v) is 13.1. The van der Waals surface area contributed by atoms with Crippen LogP contribution in [0.3, 0.4) is 0 Å². The van der Waals surface area contributed by atoms with E-state index in [0.29, 0.717) is 54.2 Å². The van der Waals surface area contributed by atoms with Gasteiger partial charge in [0.05, 0.1) is 25.3 Å². The zero-order valence-corrected chi connectivity index (χ0v) is 28.0. The van der Waals surface area contributed by atoms with Gasteiger partial charge in [-0.05, 0) is 56.8 Å². The first-order valence-corrected chi connectivity index (χ1v) is 16.4. The summed E-state index contributed by atoms with van der Waals surface area (Å²) in [5.74, 6) is 2.42. The third-order valence-corrected chi connectivity index (χ3v) is 10.6. The molecular weight excluding hydrogens is 612 g/mol. The molecule has 4 aliphatic rings. The van der Waals surface area contributed by atoms with Gasteiger partial charge in [-0.1, -0.05) is 36.4 Å². The van der Waals surface area contributed by atoms with Crippen LogP contribution in [0.5, 0.6) is 28.7 Å². The van der Waals surface area contributed by atoms with Crippen molar-refractivity contribution >= 4 is 5.91 Å². The average Bonchev–Trinajstić information content (AvgIpc) is 3.58. The van der Waals surface area contributed by atoms with Crippen LogP contribution in [0, 0.1) is 25.2 Å². The van der Waals surface area contributed by atoms with Gasteiger partial charge in [0.15, 0.2) is 29.8 Å². The smallest absolute Gasteiger partial charge is 0.231 e. The van der Waals surface area contributed by atoms with Crippen LogP contribution >= 0.6 is 0 Å². The number of benzene rings is 3. The first kappa shape index (κ1) is 32.1. The topological polar surface area (TPSA) is 126 Å². The number of nitrogens with one attached hydrogen (secondary N) is 1. The maximum atomic E-state index is 13.3. The van der Waals surface area contributed by atoms with Crippen LogP contribution in [0.25, 0.3) is 0 Å². The Morgan fingerprint density at radius 1 is 1.08 bits per heavy atom. The fraction of sp³-hybridized carbons (Fsp3) is 0.459. The third-order valence-electron chi connectivity index (χ3n) is 10.6. The number of nitriles is 1. The summed E-state index contributed by atoms with van der Waals surface area (Å²) >= 11 is 0. The first-order chi connectivity index (χ1) is 23.3. The quantitative estimate of drug-likeness (QED) is 0.324. The molecule has 0 spiro atoms. The number of carbonyl (C=O) groups excluding carboxylic acids is 1. The molecule has 3 aromatic carbocycles. The number of fused-ring (bicyclic) bond motifs is 9. The fourth-order valence-electron chi connectivity index (χ4n) is 8.48. The van der Waals surface area contributed by atoms with Crippen molar-refractivity contribution < 1.29 is 33.6 Å². The summed E-state index contributed by atoms with van der Waals surface area (Å²) in [7, 11) is 5.29. The van der Waals surface area contributed by atoms with Gasteiger partial charge >= 0.3 is 0 Å². The molecular formula is C37H42N4O7. The van der Waals surface area contributed by atoms with E-state index in [1.54, 1.807) is 14.2 Å². The lowest BCUT2D eigenvalue weighted by atomic mass is 9.71. The van der Waals surface area contributed by atoms with E-state index in [2.05, 4.69) is 34.3 Å². The summed E-state index contributed by atoms with van der Waals surface area (Å²) in [5.41, 5.74) is 6.26. The zero-order valence-electron chi connectivity index (χ0n) is 28.0. The highest BCUT2D eigenvalue weighted by Crippen LogP contribution is 2.58. The molecule has 1 amide bonds. The van der Waals surface area contributed by atoms with Crippen LogP contribution in [0.1, 0.15) is 57.4 Å². The number of likely N-dealkylation sites (N-methyl/N-ethyl adjacent to an activating group) is 1. The monoisotopic (exact) mass is 654 g/mol. The molecule has 2 bridgehead atoms. The van der Waals surface area contributed by atoms with Crippen molar-refractivity contribution in [1.82, 2.24) is 15.1 Å². The number of piperazine rings is 1. The van der Waals surface area contributed by atoms with Gasteiger partial charge in [0.25, 0.3) is 0 Å². The molecule has 0 saturated carbocycles. The number of rotatable bonds is 9. The third kappa shape index (κ3) is 5.10. The van der Waals surface area contributed by atoms with Crippen molar-refractivity contribution in [2.75, 3.05) is 41.4 Å². The van der Waals surface area contributed by atoms with Crippen molar-refractivity contribution in [2.45, 2.75) is 69.7 Å². The number of phenolic OH excluding ortho intramolecular Hbond substituents is 1. The molecule has 1 fully saturated rings. The Bertz CT molecular complexity index is 1770. The molecule has 48 heavy (non-hydrogen) atoms. The largest absolute Gasteiger partial charge is 0.507 e. The van der Waals surface area contributed by atoms with Crippen molar-refractivity contribution in [3.63, 3.8) is 0 Å². The maximum absolute atomic E-state index is 13.3. The molecule has 2 N–H and O–H groups in total. The minimum absolute atomic E-state index is 0.0357. The number of ether oxygens (including phenoxy) is 5. The molecule has 1 saturated heterocycles. The van der Waals surface area contributed by atoms with Gasteiger partial charge in [-0.3, -0.25) is 14.6 Å². The first-order valence-electron chi connectivity index (χ1n) is 16.4. The maximum Gasteiger partial charge on any atom is 0.231 e. The summed E-state index contributed by atoms with van der Waals surface area (Å²) in [6.45, 7) is 4.14. The molecule has 5 atom stereocenters. The van der Waals surface area contributed by atoms with Crippen LogP contribution in [0.2, 0.25) is 0 Å². The number of aryl methyl sites for hydroxylation is 2. The highest BCUT2D eigenvalue weighted by molar-refractivity contribution is 5.76. The van der Waals surface area contributed by atoms with Gasteiger partial charge in [0.2, 0.25) is 12.7 Å². The van der Waals surface area contributed by atoms with E-state index in [0.717, 1.165) is 33.4 Å². The molecule has 11 nitrogen and oxygen atoms in total. The van der Waals surface area contributed by atoms with E-state index >= 15 is 0 Å². The minimum atomic E-state index is -0.518. The zero-order chi connectivity index (χ0) is 33.7. The molecule has 0 aromatic heterocycles. The Labute approximate surface area is 280 Å². The highest BCUT2D eigenvalue weighted by atomic mass is 16.7. The van der Waals surface area contributed by atoms with Gasteiger partial charge in [-0.15, -0.1) is 0 Å². The number of aromatic hydroxyl groups is 1. The lowest BCUT2D eigenvalue weighted by Crippen LogP contribution is -2.68. The second-order valence-electron chi connectivity index (χ2n) is 13.1. The van der Waals surface area contributed by atoms with E-state index in [9.17, 15) is 15.2 Å². The van der Waals surface area contributed by atoms with E-state index in [1.165, 1.54) is 0 Å². The predicted molar refractivity (Wildman–Crippen MR) is 176 cm³/mol. The van der Waals surface area contributed by atoms with E-state index in [-0.39, 0.29) is 49.9 Å². The van der Waals surface area contributed by atoms with Crippen LogP contribution in [0.15, 0.2) is 36.4 Å². The fourth-order valence-corrected chi connectivity index (χ4v) is 8.48. The SMILES string of the molecule is COCOc1c(OC)c(C)cc2c1C1[C@@H]3Cc4c(O)c(C)c5c(c4[C@H](CNC(=O)CCc4ccccc4)N3[C@@H](C#N)C(C2)N1C)OCO5. The Hall–Kier alpha value is -4.50. The van der Waals surface area contributed by atoms with Crippen molar-refractivity contribution in [1.29, 1.82) is 5.26 Å². The van der Waals surface area contributed by atoms with Gasteiger partial charge in [-0.25, -0.2) is 0 Å². The Balaban J connectivity index is 1.34. The summed E-state index contributed by atoms with van der Waals surface area (Å²) in [5, 5.41) is 25.8.